The molecule has 2 N–H and O–H groups in total. The molecule has 1 unspecified atom stereocenters. The van der Waals surface area contributed by atoms with E-state index in [0.717, 1.165) is 19.4 Å². The van der Waals surface area contributed by atoms with E-state index in [1.54, 1.807) is 0 Å². The van der Waals surface area contributed by atoms with Gasteiger partial charge in [-0.25, -0.2) is 4.39 Å². The molecule has 0 bridgehead atoms. The number of benzene rings is 1. The van der Waals surface area contributed by atoms with Gasteiger partial charge in [0.1, 0.15) is 17.3 Å². The SMILES string of the molecule is COc1cc(O)c(CC2CCCN2)c(F)c1. The molecule has 1 aromatic carbocycles. The number of hydrogen-bond acceptors (Lipinski definition) is 3. The number of halogens is 1. The standard InChI is InChI=1S/C12H16FNO2/c1-16-9-6-11(13)10(12(15)7-9)5-8-3-2-4-14-8/h6-8,14-15H,2-5H2,1H3. The third-order valence-corrected chi connectivity index (χ3v) is 2.99. The van der Waals surface area contributed by atoms with Gasteiger partial charge in [0.05, 0.1) is 7.11 Å². The van der Waals surface area contributed by atoms with Gasteiger partial charge in [-0.1, -0.05) is 0 Å². The van der Waals surface area contributed by atoms with E-state index in [1.165, 1.54) is 19.2 Å². The Kier molecular flexibility index (Phi) is 3.29. The quantitative estimate of drug-likeness (QED) is 0.824. The van der Waals surface area contributed by atoms with Gasteiger partial charge in [0, 0.05) is 23.7 Å². The largest absolute Gasteiger partial charge is 0.507 e. The zero-order valence-corrected chi connectivity index (χ0v) is 9.29. The first-order chi connectivity index (χ1) is 7.70. The number of aromatic hydroxyl groups is 1. The minimum absolute atomic E-state index is 0.0226. The Bertz CT molecular complexity index is 352. The molecule has 0 saturated carbocycles. The van der Waals surface area contributed by atoms with Crippen LogP contribution < -0.4 is 10.1 Å². The van der Waals surface area contributed by atoms with Crippen LogP contribution in [-0.2, 0) is 6.42 Å². The van der Waals surface area contributed by atoms with Gasteiger partial charge < -0.3 is 15.2 Å². The Morgan fingerprint density at radius 3 is 2.94 bits per heavy atom. The first-order valence-corrected chi connectivity index (χ1v) is 5.49. The van der Waals surface area contributed by atoms with Gasteiger partial charge in [-0.3, -0.25) is 0 Å². The Morgan fingerprint density at radius 2 is 2.38 bits per heavy atom. The molecule has 2 rings (SSSR count). The van der Waals surface area contributed by atoms with Crippen LogP contribution in [0.25, 0.3) is 0 Å². The van der Waals surface area contributed by atoms with E-state index in [4.69, 9.17) is 4.74 Å². The Balaban J connectivity index is 2.19. The Labute approximate surface area is 94.2 Å². The predicted octanol–water partition coefficient (Wildman–Crippen LogP) is 1.83. The summed E-state index contributed by atoms with van der Waals surface area (Å²) in [6, 6.07) is 3.03. The highest BCUT2D eigenvalue weighted by molar-refractivity contribution is 5.41. The molecule has 0 amide bonds. The van der Waals surface area contributed by atoms with Crippen LogP contribution in [0.3, 0.4) is 0 Å². The Morgan fingerprint density at radius 1 is 1.56 bits per heavy atom. The normalized spacial score (nSPS) is 20.0. The van der Waals surface area contributed by atoms with Crippen molar-refractivity contribution in [1.29, 1.82) is 0 Å². The summed E-state index contributed by atoms with van der Waals surface area (Å²) in [6.45, 7) is 0.975. The van der Waals surface area contributed by atoms with Gasteiger partial charge in [-0.05, 0) is 25.8 Å². The number of nitrogens with one attached hydrogen (secondary N) is 1. The first-order valence-electron chi connectivity index (χ1n) is 5.49. The Hall–Kier alpha value is -1.29. The van der Waals surface area contributed by atoms with Crippen molar-refractivity contribution in [3.8, 4) is 11.5 Å². The van der Waals surface area contributed by atoms with Crippen molar-refractivity contribution < 1.29 is 14.2 Å². The monoisotopic (exact) mass is 225 g/mol. The van der Waals surface area contributed by atoms with E-state index in [0.29, 0.717) is 17.7 Å². The smallest absolute Gasteiger partial charge is 0.133 e. The topological polar surface area (TPSA) is 41.5 Å². The lowest BCUT2D eigenvalue weighted by Gasteiger charge is -2.13. The summed E-state index contributed by atoms with van der Waals surface area (Å²) in [5.41, 5.74) is 0.375. The van der Waals surface area contributed by atoms with Gasteiger partial charge in [-0.2, -0.15) is 0 Å². The number of phenols is 1. The number of rotatable bonds is 3. The molecular weight excluding hydrogens is 209 g/mol. The maximum absolute atomic E-state index is 13.7. The summed E-state index contributed by atoms with van der Waals surface area (Å²) in [6.07, 6.45) is 2.68. The van der Waals surface area contributed by atoms with Crippen molar-refractivity contribution in [2.24, 2.45) is 0 Å². The maximum Gasteiger partial charge on any atom is 0.133 e. The summed E-state index contributed by atoms with van der Waals surface area (Å²) in [4.78, 5) is 0. The second-order valence-electron chi connectivity index (χ2n) is 4.10. The molecule has 1 aliphatic rings. The zero-order valence-electron chi connectivity index (χ0n) is 9.29. The molecule has 1 aliphatic heterocycles. The van der Waals surface area contributed by atoms with Crippen LogP contribution in [0.2, 0.25) is 0 Å². The molecule has 1 atom stereocenters. The van der Waals surface area contributed by atoms with Crippen LogP contribution in [-0.4, -0.2) is 24.8 Å². The van der Waals surface area contributed by atoms with Gasteiger partial charge in [0.2, 0.25) is 0 Å². The lowest BCUT2D eigenvalue weighted by Crippen LogP contribution is -2.24. The van der Waals surface area contributed by atoms with Crippen molar-refractivity contribution in [2.45, 2.75) is 25.3 Å². The minimum atomic E-state index is -0.398. The molecule has 1 heterocycles. The van der Waals surface area contributed by atoms with Crippen molar-refractivity contribution >= 4 is 0 Å². The zero-order chi connectivity index (χ0) is 11.5. The third-order valence-electron chi connectivity index (χ3n) is 2.99. The summed E-state index contributed by atoms with van der Waals surface area (Å²) >= 11 is 0. The third kappa shape index (κ3) is 2.27. The van der Waals surface area contributed by atoms with Crippen LogP contribution in [0, 0.1) is 5.82 Å². The number of ether oxygens (including phenoxy) is 1. The molecule has 0 aromatic heterocycles. The highest BCUT2D eigenvalue weighted by atomic mass is 19.1. The maximum atomic E-state index is 13.7. The van der Waals surface area contributed by atoms with Crippen molar-refractivity contribution in [3.05, 3.63) is 23.5 Å². The van der Waals surface area contributed by atoms with Crippen molar-refractivity contribution in [2.75, 3.05) is 13.7 Å². The molecule has 4 heteroatoms. The summed E-state index contributed by atoms with van der Waals surface area (Å²) in [5.74, 6) is -0.0748. The summed E-state index contributed by atoms with van der Waals surface area (Å²) in [7, 11) is 1.45. The van der Waals surface area contributed by atoms with Gasteiger partial charge in [0.15, 0.2) is 0 Å². The van der Waals surface area contributed by atoms with E-state index < -0.39 is 5.82 Å². The van der Waals surface area contributed by atoms with Gasteiger partial charge in [-0.15, -0.1) is 0 Å². The van der Waals surface area contributed by atoms with Gasteiger partial charge in [0.25, 0.3) is 0 Å². The lowest BCUT2D eigenvalue weighted by molar-refractivity contribution is 0.398. The minimum Gasteiger partial charge on any atom is -0.507 e. The molecule has 16 heavy (non-hydrogen) atoms. The van der Waals surface area contributed by atoms with Crippen molar-refractivity contribution in [3.63, 3.8) is 0 Å². The van der Waals surface area contributed by atoms with E-state index in [-0.39, 0.29) is 11.8 Å². The van der Waals surface area contributed by atoms with E-state index in [1.807, 2.05) is 0 Å². The van der Waals surface area contributed by atoms with Gasteiger partial charge >= 0.3 is 0 Å². The average Bonchev–Trinajstić information content (AvgIpc) is 2.75. The molecule has 88 valence electrons. The van der Waals surface area contributed by atoms with Crippen LogP contribution in [0.4, 0.5) is 4.39 Å². The first kappa shape index (κ1) is 11.2. The molecule has 1 fully saturated rings. The molecule has 0 spiro atoms. The molecule has 1 aromatic rings. The van der Waals surface area contributed by atoms with Crippen LogP contribution in [0.1, 0.15) is 18.4 Å². The average molecular weight is 225 g/mol. The second kappa shape index (κ2) is 4.70. The van der Waals surface area contributed by atoms with E-state index in [9.17, 15) is 9.50 Å². The highest BCUT2D eigenvalue weighted by Crippen LogP contribution is 2.28. The number of hydrogen-bond donors (Lipinski definition) is 2. The fourth-order valence-corrected chi connectivity index (χ4v) is 2.10. The number of methoxy groups -OCH3 is 1. The lowest BCUT2D eigenvalue weighted by atomic mass is 10.0. The number of phenolic OH excluding ortho intramolecular Hbond substituents is 1. The molecular formula is C12H16FNO2. The predicted molar refractivity (Wildman–Crippen MR) is 59.3 cm³/mol. The molecule has 0 radical (unpaired) electrons. The van der Waals surface area contributed by atoms with Crippen molar-refractivity contribution in [1.82, 2.24) is 5.32 Å². The van der Waals surface area contributed by atoms with Crippen LogP contribution >= 0.6 is 0 Å². The van der Waals surface area contributed by atoms with E-state index >= 15 is 0 Å². The molecule has 3 nitrogen and oxygen atoms in total. The molecule has 1 saturated heterocycles. The fraction of sp³-hybridized carbons (Fsp3) is 0.500. The summed E-state index contributed by atoms with van der Waals surface area (Å²) in [5, 5.41) is 13.0. The van der Waals surface area contributed by atoms with Crippen LogP contribution in [0.5, 0.6) is 11.5 Å². The second-order valence-corrected chi connectivity index (χ2v) is 4.10. The fourth-order valence-electron chi connectivity index (χ4n) is 2.10. The van der Waals surface area contributed by atoms with E-state index in [2.05, 4.69) is 5.32 Å². The summed E-state index contributed by atoms with van der Waals surface area (Å²) < 4.78 is 18.6. The molecule has 0 aliphatic carbocycles. The highest BCUT2D eigenvalue weighted by Gasteiger charge is 2.19. The van der Waals surface area contributed by atoms with Crippen LogP contribution in [0.15, 0.2) is 12.1 Å².